The van der Waals surface area contributed by atoms with Gasteiger partial charge in [-0.1, -0.05) is 41.7 Å². The first-order chi connectivity index (χ1) is 18.1. The second-order valence-corrected chi connectivity index (χ2v) is 9.02. The lowest BCUT2D eigenvalue weighted by molar-refractivity contribution is 0.102. The number of para-hydroxylation sites is 1. The van der Waals surface area contributed by atoms with Crippen molar-refractivity contribution in [3.63, 3.8) is 0 Å². The monoisotopic (exact) mass is 503 g/mol. The molecule has 0 aliphatic rings. The highest BCUT2D eigenvalue weighted by Gasteiger charge is 2.20. The molecule has 1 N–H and O–H groups in total. The fourth-order valence-corrected chi connectivity index (χ4v) is 4.82. The lowest BCUT2D eigenvalue weighted by atomic mass is 10.0. The Bertz CT molecular complexity index is 1830. The van der Waals surface area contributed by atoms with Crippen molar-refractivity contribution in [2.24, 2.45) is 0 Å². The van der Waals surface area contributed by atoms with Crippen LogP contribution in [0.1, 0.15) is 15.9 Å². The van der Waals surface area contributed by atoms with Crippen molar-refractivity contribution in [1.82, 2.24) is 24.3 Å². The Balaban J connectivity index is 1.36. The number of aromatic nitrogens is 5. The zero-order valence-electron chi connectivity index (χ0n) is 19.4. The number of pyridine rings is 1. The number of amides is 1. The third-order valence-corrected chi connectivity index (χ3v) is 6.68. The second-order valence-electron chi connectivity index (χ2n) is 8.04. The van der Waals surface area contributed by atoms with E-state index in [1.807, 2.05) is 53.2 Å². The van der Waals surface area contributed by atoms with Gasteiger partial charge in [0.2, 0.25) is 0 Å². The van der Waals surface area contributed by atoms with Gasteiger partial charge in [0.15, 0.2) is 15.6 Å². The van der Waals surface area contributed by atoms with Crippen molar-refractivity contribution < 1.29 is 9.53 Å². The van der Waals surface area contributed by atoms with E-state index in [-0.39, 0.29) is 5.91 Å². The van der Waals surface area contributed by atoms with Gasteiger partial charge in [-0.2, -0.15) is 10.2 Å². The minimum Gasteiger partial charge on any atom is -0.496 e. The van der Waals surface area contributed by atoms with Crippen molar-refractivity contribution in [3.05, 3.63) is 90.5 Å². The lowest BCUT2D eigenvalue weighted by Gasteiger charge is -2.13. The summed E-state index contributed by atoms with van der Waals surface area (Å²) in [5.41, 5.74) is 5.05. The number of fused-ring (bicyclic) bond motifs is 2. The minimum atomic E-state index is -0.335. The molecule has 0 radical (unpaired) electrons. The highest BCUT2D eigenvalue weighted by atomic mass is 32.1. The van der Waals surface area contributed by atoms with Gasteiger partial charge < -0.3 is 9.14 Å². The first-order valence-corrected chi connectivity index (χ1v) is 12.0. The molecular formula is C27H17N7O2S. The average molecular weight is 504 g/mol. The number of thiazole rings is 1. The SMILES string of the molecule is COc1ccccc1-c1cn2ccnc2cc1C(=O)Nc1nc2ncc(-c3ccc(C#N)cc3)nc2s1. The molecule has 0 saturated heterocycles. The van der Waals surface area contributed by atoms with Crippen LogP contribution in [0.25, 0.3) is 38.5 Å². The topological polar surface area (TPSA) is 118 Å². The fraction of sp³-hybridized carbons (Fsp3) is 0.0370. The number of nitriles is 1. The molecular weight excluding hydrogens is 486 g/mol. The maximum absolute atomic E-state index is 13.5. The quantitative estimate of drug-likeness (QED) is 0.343. The van der Waals surface area contributed by atoms with Crippen LogP contribution >= 0.6 is 11.3 Å². The summed E-state index contributed by atoms with van der Waals surface area (Å²) >= 11 is 1.24. The van der Waals surface area contributed by atoms with E-state index in [0.29, 0.717) is 49.4 Å². The molecule has 0 fully saturated rings. The number of rotatable bonds is 5. The molecule has 6 aromatic rings. The van der Waals surface area contributed by atoms with Gasteiger partial charge in [0.1, 0.15) is 11.4 Å². The molecule has 4 heterocycles. The number of hydrogen-bond donors (Lipinski definition) is 1. The standard InChI is InChI=1S/C27H17N7O2S/c1-36-22-5-3-2-4-18(22)20-15-34-11-10-29-23(34)12-19(20)25(35)33-27-32-24-26(37-27)31-21(14-30-24)17-8-6-16(13-28)7-9-17/h2-12,14-15H,1H3,(H,30,32,33,35). The molecule has 9 nitrogen and oxygen atoms in total. The Morgan fingerprint density at radius 2 is 1.92 bits per heavy atom. The van der Waals surface area contributed by atoms with Gasteiger partial charge >= 0.3 is 0 Å². The van der Waals surface area contributed by atoms with Crippen LogP contribution in [0.2, 0.25) is 0 Å². The van der Waals surface area contributed by atoms with Crippen molar-refractivity contribution >= 4 is 38.5 Å². The maximum atomic E-state index is 13.5. The molecule has 0 saturated carbocycles. The molecule has 0 aliphatic carbocycles. The number of imidazole rings is 1. The Hall–Kier alpha value is -5.14. The number of hydrogen-bond acceptors (Lipinski definition) is 8. The van der Waals surface area contributed by atoms with Crippen LogP contribution in [0.15, 0.2) is 79.4 Å². The highest BCUT2D eigenvalue weighted by Crippen LogP contribution is 2.34. The predicted molar refractivity (Wildman–Crippen MR) is 140 cm³/mol. The highest BCUT2D eigenvalue weighted by molar-refractivity contribution is 7.21. The Morgan fingerprint density at radius 1 is 1.08 bits per heavy atom. The number of nitrogens with one attached hydrogen (secondary N) is 1. The molecule has 0 unspecified atom stereocenters. The number of benzene rings is 2. The van der Waals surface area contributed by atoms with E-state index in [2.05, 4.69) is 31.3 Å². The molecule has 0 spiro atoms. The van der Waals surface area contributed by atoms with Crippen LogP contribution in [0, 0.1) is 11.3 Å². The largest absolute Gasteiger partial charge is 0.496 e. The second kappa shape index (κ2) is 9.14. The van der Waals surface area contributed by atoms with E-state index in [9.17, 15) is 4.79 Å². The van der Waals surface area contributed by atoms with Gasteiger partial charge in [-0.25, -0.2) is 15.0 Å². The lowest BCUT2D eigenvalue weighted by Crippen LogP contribution is -2.14. The van der Waals surface area contributed by atoms with Crippen LogP contribution < -0.4 is 10.1 Å². The molecule has 4 aromatic heterocycles. The number of nitrogens with zero attached hydrogens (tertiary/aromatic N) is 6. The number of ether oxygens (including phenoxy) is 1. The predicted octanol–water partition coefficient (Wildman–Crippen LogP) is 5.20. The van der Waals surface area contributed by atoms with Crippen molar-refractivity contribution in [3.8, 4) is 34.2 Å². The Kier molecular flexibility index (Phi) is 5.52. The molecule has 178 valence electrons. The summed E-state index contributed by atoms with van der Waals surface area (Å²) in [5, 5.41) is 12.3. The average Bonchev–Trinajstić information content (AvgIpc) is 3.57. The molecule has 0 bridgehead atoms. The number of anilines is 1. The van der Waals surface area contributed by atoms with Crippen LogP contribution in [-0.4, -0.2) is 37.4 Å². The molecule has 6 rings (SSSR count). The summed E-state index contributed by atoms with van der Waals surface area (Å²) in [7, 11) is 1.60. The normalized spacial score (nSPS) is 10.9. The molecule has 10 heteroatoms. The smallest absolute Gasteiger partial charge is 0.258 e. The van der Waals surface area contributed by atoms with Gasteiger partial charge in [0, 0.05) is 35.3 Å². The molecule has 2 aromatic carbocycles. The third-order valence-electron chi connectivity index (χ3n) is 5.83. The maximum Gasteiger partial charge on any atom is 0.258 e. The summed E-state index contributed by atoms with van der Waals surface area (Å²) in [5.74, 6) is 0.317. The van der Waals surface area contributed by atoms with Crippen LogP contribution in [0.4, 0.5) is 5.13 Å². The summed E-state index contributed by atoms with van der Waals surface area (Å²) in [6.07, 6.45) is 6.99. The number of methoxy groups -OCH3 is 1. The van der Waals surface area contributed by atoms with Gasteiger partial charge in [-0.3, -0.25) is 10.1 Å². The van der Waals surface area contributed by atoms with E-state index in [1.165, 1.54) is 11.3 Å². The van der Waals surface area contributed by atoms with Crippen LogP contribution in [0.5, 0.6) is 5.75 Å². The van der Waals surface area contributed by atoms with E-state index in [4.69, 9.17) is 10.00 Å². The minimum absolute atomic E-state index is 0.335. The van der Waals surface area contributed by atoms with Gasteiger partial charge in [-0.05, 0) is 24.3 Å². The van der Waals surface area contributed by atoms with Gasteiger partial charge in [0.05, 0.1) is 36.2 Å². The van der Waals surface area contributed by atoms with Gasteiger partial charge in [-0.15, -0.1) is 0 Å². The zero-order valence-corrected chi connectivity index (χ0v) is 20.2. The van der Waals surface area contributed by atoms with Crippen molar-refractivity contribution in [2.75, 3.05) is 12.4 Å². The van der Waals surface area contributed by atoms with Crippen molar-refractivity contribution in [2.45, 2.75) is 0 Å². The summed E-state index contributed by atoms with van der Waals surface area (Å²) < 4.78 is 7.40. The van der Waals surface area contributed by atoms with E-state index >= 15 is 0 Å². The Labute approximate surface area is 214 Å². The van der Waals surface area contributed by atoms with Crippen molar-refractivity contribution in [1.29, 1.82) is 5.26 Å². The van der Waals surface area contributed by atoms with E-state index < -0.39 is 0 Å². The summed E-state index contributed by atoms with van der Waals surface area (Å²) in [4.78, 5) is 31.9. The number of carbonyl (C=O) groups is 1. The Morgan fingerprint density at radius 3 is 2.73 bits per heavy atom. The molecule has 37 heavy (non-hydrogen) atoms. The zero-order chi connectivity index (χ0) is 25.4. The van der Waals surface area contributed by atoms with E-state index in [0.717, 1.165) is 11.1 Å². The van der Waals surface area contributed by atoms with Crippen LogP contribution in [0.3, 0.4) is 0 Å². The third kappa shape index (κ3) is 4.13. The first-order valence-electron chi connectivity index (χ1n) is 11.2. The van der Waals surface area contributed by atoms with E-state index in [1.54, 1.807) is 37.7 Å². The molecule has 1 amide bonds. The fourth-order valence-electron chi connectivity index (χ4n) is 4.02. The summed E-state index contributed by atoms with van der Waals surface area (Å²) in [6.45, 7) is 0. The summed E-state index contributed by atoms with van der Waals surface area (Å²) in [6, 6.07) is 18.5. The first kappa shape index (κ1) is 22.3. The molecule has 0 aliphatic heterocycles. The van der Waals surface area contributed by atoms with Crippen LogP contribution in [-0.2, 0) is 0 Å². The van der Waals surface area contributed by atoms with Gasteiger partial charge in [0.25, 0.3) is 5.91 Å². The number of carbonyl (C=O) groups excluding carboxylic acids is 1. The molecule has 0 atom stereocenters.